The third-order valence-corrected chi connectivity index (χ3v) is 3.76. The zero-order valence-electron chi connectivity index (χ0n) is 11.2. The van der Waals surface area contributed by atoms with Gasteiger partial charge in [-0.05, 0) is 43.3 Å². The molecule has 0 aliphatic heterocycles. The van der Waals surface area contributed by atoms with Gasteiger partial charge in [0, 0.05) is 10.6 Å². The Hall–Kier alpha value is -2.08. The topological polar surface area (TPSA) is 52.3 Å². The largest absolute Gasteiger partial charge is 0.462 e. The van der Waals surface area contributed by atoms with E-state index >= 15 is 0 Å². The van der Waals surface area contributed by atoms with Gasteiger partial charge in [-0.3, -0.25) is 0 Å². The molecule has 0 radical (unpaired) electrons. The van der Waals surface area contributed by atoms with Gasteiger partial charge >= 0.3 is 5.97 Å². The van der Waals surface area contributed by atoms with E-state index in [1.165, 1.54) is 12.1 Å². The Morgan fingerprint density at radius 3 is 2.62 bits per heavy atom. The number of nitrogens with two attached hydrogens (primary N) is 1. The Bertz CT molecular complexity index is 677. The lowest BCUT2D eigenvalue weighted by Crippen LogP contribution is -2.05. The number of rotatable bonds is 4. The number of nitrogen functional groups attached to an aromatic ring is 1. The first-order valence-electron chi connectivity index (χ1n) is 6.20. The van der Waals surface area contributed by atoms with Crippen LogP contribution in [0.1, 0.15) is 17.3 Å². The van der Waals surface area contributed by atoms with Gasteiger partial charge in [-0.15, -0.1) is 0 Å². The number of esters is 1. The van der Waals surface area contributed by atoms with Crippen molar-refractivity contribution in [1.82, 2.24) is 0 Å². The molecule has 21 heavy (non-hydrogen) atoms. The molecule has 3 nitrogen and oxygen atoms in total. The highest BCUT2D eigenvalue weighted by Gasteiger charge is 2.12. The van der Waals surface area contributed by atoms with Crippen molar-refractivity contribution in [2.24, 2.45) is 0 Å². The van der Waals surface area contributed by atoms with Crippen LogP contribution in [0.3, 0.4) is 0 Å². The molecule has 0 unspecified atom stereocenters. The lowest BCUT2D eigenvalue weighted by molar-refractivity contribution is 0.0526. The Balaban J connectivity index is 2.25. The summed E-state index contributed by atoms with van der Waals surface area (Å²) in [7, 11) is 0. The van der Waals surface area contributed by atoms with E-state index in [0.717, 1.165) is 30.0 Å². The van der Waals surface area contributed by atoms with Crippen molar-refractivity contribution in [3.8, 4) is 0 Å². The standard InChI is InChI=1S/C15H13F2NO2S/c1-2-20-15(19)9-3-6-13(12(18)7-9)21-14-8-10(16)4-5-11(14)17/h3-8H,2,18H2,1H3. The van der Waals surface area contributed by atoms with E-state index in [2.05, 4.69) is 0 Å². The van der Waals surface area contributed by atoms with Crippen LogP contribution >= 0.6 is 11.8 Å². The first-order valence-corrected chi connectivity index (χ1v) is 7.02. The van der Waals surface area contributed by atoms with Crippen LogP contribution in [-0.2, 0) is 4.74 Å². The van der Waals surface area contributed by atoms with Crippen LogP contribution in [0.2, 0.25) is 0 Å². The van der Waals surface area contributed by atoms with Crippen LogP contribution in [-0.4, -0.2) is 12.6 Å². The maximum Gasteiger partial charge on any atom is 0.338 e. The Morgan fingerprint density at radius 2 is 1.95 bits per heavy atom. The monoisotopic (exact) mass is 309 g/mol. The van der Waals surface area contributed by atoms with Gasteiger partial charge < -0.3 is 10.5 Å². The fourth-order valence-electron chi connectivity index (χ4n) is 1.66. The number of hydrogen-bond acceptors (Lipinski definition) is 4. The van der Waals surface area contributed by atoms with Crippen molar-refractivity contribution in [3.05, 3.63) is 53.6 Å². The predicted molar refractivity (Wildman–Crippen MR) is 77.3 cm³/mol. The minimum absolute atomic E-state index is 0.130. The number of halogens is 2. The van der Waals surface area contributed by atoms with Crippen LogP contribution in [0.15, 0.2) is 46.2 Å². The average molecular weight is 309 g/mol. The molecule has 0 fully saturated rings. The molecular formula is C15H13F2NO2S. The SMILES string of the molecule is CCOC(=O)c1ccc(Sc2cc(F)ccc2F)c(N)c1. The Kier molecular flexibility index (Phi) is 4.80. The van der Waals surface area contributed by atoms with Crippen molar-refractivity contribution in [3.63, 3.8) is 0 Å². The molecule has 0 aliphatic rings. The van der Waals surface area contributed by atoms with Crippen molar-refractivity contribution >= 4 is 23.4 Å². The van der Waals surface area contributed by atoms with Gasteiger partial charge in [0.2, 0.25) is 0 Å². The summed E-state index contributed by atoms with van der Waals surface area (Å²) in [6.45, 7) is 1.97. The van der Waals surface area contributed by atoms with Crippen LogP contribution < -0.4 is 5.73 Å². The number of carbonyl (C=O) groups is 1. The summed E-state index contributed by atoms with van der Waals surface area (Å²) in [5.41, 5.74) is 6.46. The van der Waals surface area contributed by atoms with E-state index in [0.29, 0.717) is 16.1 Å². The van der Waals surface area contributed by atoms with E-state index in [4.69, 9.17) is 10.5 Å². The second kappa shape index (κ2) is 6.58. The zero-order chi connectivity index (χ0) is 15.4. The first kappa shape index (κ1) is 15.3. The minimum Gasteiger partial charge on any atom is -0.462 e. The summed E-state index contributed by atoms with van der Waals surface area (Å²) in [5, 5.41) is 0. The average Bonchev–Trinajstić information content (AvgIpc) is 2.45. The first-order chi connectivity index (χ1) is 10.0. The number of ether oxygens (including phenoxy) is 1. The Labute approximate surface area is 125 Å². The fraction of sp³-hybridized carbons (Fsp3) is 0.133. The van der Waals surface area contributed by atoms with Crippen molar-refractivity contribution in [1.29, 1.82) is 0 Å². The molecule has 2 aromatic rings. The molecule has 0 spiro atoms. The molecule has 2 aromatic carbocycles. The van der Waals surface area contributed by atoms with Gasteiger partial charge in [-0.2, -0.15) is 0 Å². The van der Waals surface area contributed by atoms with E-state index < -0.39 is 17.6 Å². The summed E-state index contributed by atoms with van der Waals surface area (Å²) >= 11 is 0.997. The highest BCUT2D eigenvalue weighted by atomic mass is 32.2. The molecule has 0 aliphatic carbocycles. The predicted octanol–water partition coefficient (Wildman–Crippen LogP) is 3.87. The zero-order valence-corrected chi connectivity index (χ0v) is 12.0. The van der Waals surface area contributed by atoms with Gasteiger partial charge in [0.1, 0.15) is 11.6 Å². The van der Waals surface area contributed by atoms with Crippen molar-refractivity contribution < 1.29 is 18.3 Å². The lowest BCUT2D eigenvalue weighted by atomic mass is 10.2. The van der Waals surface area contributed by atoms with Crippen molar-refractivity contribution in [2.75, 3.05) is 12.3 Å². The second-order valence-electron chi connectivity index (χ2n) is 4.15. The highest BCUT2D eigenvalue weighted by molar-refractivity contribution is 7.99. The summed E-state index contributed by atoms with van der Waals surface area (Å²) in [6, 6.07) is 7.77. The molecule has 0 amide bonds. The van der Waals surface area contributed by atoms with Gasteiger partial charge in [-0.25, -0.2) is 13.6 Å². The molecule has 0 saturated carbocycles. The summed E-state index contributed by atoms with van der Waals surface area (Å²) in [5.74, 6) is -1.53. The third kappa shape index (κ3) is 3.72. The number of carbonyl (C=O) groups excluding carboxylic acids is 1. The molecule has 0 aromatic heterocycles. The van der Waals surface area contributed by atoms with Gasteiger partial charge in [0.05, 0.1) is 17.1 Å². The molecule has 2 N–H and O–H groups in total. The molecule has 0 bridgehead atoms. The van der Waals surface area contributed by atoms with Gasteiger partial charge in [0.15, 0.2) is 0 Å². The van der Waals surface area contributed by atoms with Crippen LogP contribution in [0.25, 0.3) is 0 Å². The van der Waals surface area contributed by atoms with Crippen LogP contribution in [0.5, 0.6) is 0 Å². The smallest absolute Gasteiger partial charge is 0.338 e. The molecule has 2 rings (SSSR count). The molecule has 0 heterocycles. The maximum absolute atomic E-state index is 13.6. The number of hydrogen-bond donors (Lipinski definition) is 1. The molecule has 110 valence electrons. The molecular weight excluding hydrogens is 296 g/mol. The van der Waals surface area contributed by atoms with Gasteiger partial charge in [-0.1, -0.05) is 11.8 Å². The van der Waals surface area contributed by atoms with Crippen LogP contribution in [0, 0.1) is 11.6 Å². The second-order valence-corrected chi connectivity index (χ2v) is 5.23. The summed E-state index contributed by atoms with van der Waals surface area (Å²) < 4.78 is 31.6. The van der Waals surface area contributed by atoms with E-state index in [1.807, 2.05) is 0 Å². The van der Waals surface area contributed by atoms with Gasteiger partial charge in [0.25, 0.3) is 0 Å². The van der Waals surface area contributed by atoms with E-state index in [9.17, 15) is 13.6 Å². The summed E-state index contributed by atoms with van der Waals surface area (Å²) in [6.07, 6.45) is 0. The van der Waals surface area contributed by atoms with Crippen LogP contribution in [0.4, 0.5) is 14.5 Å². The quantitative estimate of drug-likeness (QED) is 0.688. The maximum atomic E-state index is 13.6. The van der Waals surface area contributed by atoms with Crippen molar-refractivity contribution in [2.45, 2.75) is 16.7 Å². The Morgan fingerprint density at radius 1 is 1.19 bits per heavy atom. The molecule has 6 heteroatoms. The summed E-state index contributed by atoms with van der Waals surface area (Å²) in [4.78, 5) is 12.2. The van der Waals surface area contributed by atoms with E-state index in [-0.39, 0.29) is 11.5 Å². The number of anilines is 1. The fourth-order valence-corrected chi connectivity index (χ4v) is 2.54. The lowest BCUT2D eigenvalue weighted by Gasteiger charge is -2.08. The number of benzene rings is 2. The minimum atomic E-state index is -0.532. The third-order valence-electron chi connectivity index (χ3n) is 2.63. The molecule has 0 atom stereocenters. The molecule has 0 saturated heterocycles. The van der Waals surface area contributed by atoms with E-state index in [1.54, 1.807) is 13.0 Å². The highest BCUT2D eigenvalue weighted by Crippen LogP contribution is 2.34. The normalized spacial score (nSPS) is 10.4.